The molecular weight excluding hydrogens is 212 g/mol. The van der Waals surface area contributed by atoms with Crippen molar-refractivity contribution < 1.29 is 9.53 Å². The van der Waals surface area contributed by atoms with Crippen molar-refractivity contribution in [2.75, 3.05) is 19.7 Å². The molecule has 4 nitrogen and oxygen atoms in total. The van der Waals surface area contributed by atoms with E-state index in [1.165, 1.54) is 0 Å². The van der Waals surface area contributed by atoms with Crippen LogP contribution in [0, 0.1) is 0 Å². The summed E-state index contributed by atoms with van der Waals surface area (Å²) in [6.07, 6.45) is 0. The third kappa shape index (κ3) is 7.27. The predicted molar refractivity (Wildman–Crippen MR) is 64.7 cm³/mol. The zero-order valence-electron chi connectivity index (χ0n) is 9.87. The Balaban J connectivity index is 4.11. The van der Waals surface area contributed by atoms with Crippen molar-refractivity contribution in [3.05, 3.63) is 0 Å². The van der Waals surface area contributed by atoms with Crippen LogP contribution in [-0.4, -0.2) is 41.1 Å². The van der Waals surface area contributed by atoms with Gasteiger partial charge in [-0.05, 0) is 27.7 Å². The number of hydrogen-bond acceptors (Lipinski definition) is 3. The molecule has 0 atom stereocenters. The third-order valence-corrected chi connectivity index (χ3v) is 1.84. The zero-order valence-corrected chi connectivity index (χ0v) is 10.7. The van der Waals surface area contributed by atoms with Gasteiger partial charge in [0, 0.05) is 6.54 Å². The molecule has 0 aliphatic carbocycles. The molecule has 0 saturated carbocycles. The van der Waals surface area contributed by atoms with Crippen molar-refractivity contribution in [2.24, 2.45) is 5.73 Å². The highest BCUT2D eigenvalue weighted by atomic mass is 32.1. The van der Waals surface area contributed by atoms with Gasteiger partial charge in [-0.1, -0.05) is 12.2 Å². The molecule has 0 aromatic carbocycles. The first-order valence-electron chi connectivity index (χ1n) is 4.96. The summed E-state index contributed by atoms with van der Waals surface area (Å²) < 4.78 is 5.38. The molecule has 88 valence electrons. The topological polar surface area (TPSA) is 55.6 Å². The molecule has 0 spiro atoms. The van der Waals surface area contributed by atoms with Crippen LogP contribution in [0.15, 0.2) is 0 Å². The Kier molecular flexibility index (Phi) is 5.75. The number of likely N-dealkylation sites (N-methyl/N-ethyl adjacent to an activating group) is 1. The van der Waals surface area contributed by atoms with Gasteiger partial charge in [0.1, 0.15) is 6.61 Å². The average Bonchev–Trinajstić information content (AvgIpc) is 2.08. The van der Waals surface area contributed by atoms with Crippen LogP contribution in [-0.2, 0) is 9.53 Å². The molecule has 15 heavy (non-hydrogen) atoms. The number of hydrogen-bond donors (Lipinski definition) is 1. The van der Waals surface area contributed by atoms with Gasteiger partial charge in [0.15, 0.2) is 0 Å². The van der Waals surface area contributed by atoms with E-state index in [9.17, 15) is 4.79 Å². The van der Waals surface area contributed by atoms with Gasteiger partial charge in [-0.2, -0.15) is 0 Å². The molecule has 0 heterocycles. The van der Waals surface area contributed by atoms with Crippen LogP contribution in [0.1, 0.15) is 27.7 Å². The number of ether oxygens (including phenoxy) is 1. The summed E-state index contributed by atoms with van der Waals surface area (Å²) >= 11 is 4.76. The molecule has 1 amide bonds. The standard InChI is InChI=1S/C10H20N2O2S/c1-5-12(6-8(11)15)9(13)7-14-10(2,3)4/h5-7H2,1-4H3,(H2,11,15). The molecule has 0 rings (SSSR count). The molecule has 2 N–H and O–H groups in total. The Hall–Kier alpha value is -0.680. The first-order chi connectivity index (χ1) is 6.76. The first kappa shape index (κ1) is 14.3. The normalized spacial score (nSPS) is 11.2. The Bertz CT molecular complexity index is 236. The number of nitrogens with zero attached hydrogens (tertiary/aromatic N) is 1. The summed E-state index contributed by atoms with van der Waals surface area (Å²) in [6, 6.07) is 0. The number of thiocarbonyl (C=S) groups is 1. The van der Waals surface area contributed by atoms with E-state index in [-0.39, 0.29) is 18.1 Å². The Morgan fingerprint density at radius 1 is 1.47 bits per heavy atom. The molecule has 0 radical (unpaired) electrons. The van der Waals surface area contributed by atoms with Gasteiger partial charge in [0.05, 0.1) is 17.1 Å². The molecule has 0 aromatic heterocycles. The highest BCUT2D eigenvalue weighted by molar-refractivity contribution is 7.80. The monoisotopic (exact) mass is 232 g/mol. The van der Waals surface area contributed by atoms with Crippen LogP contribution < -0.4 is 5.73 Å². The molecule has 0 bridgehead atoms. The van der Waals surface area contributed by atoms with Crippen LogP contribution in [0.2, 0.25) is 0 Å². The van der Waals surface area contributed by atoms with E-state index in [1.807, 2.05) is 27.7 Å². The third-order valence-electron chi connectivity index (χ3n) is 1.71. The highest BCUT2D eigenvalue weighted by Gasteiger charge is 2.17. The highest BCUT2D eigenvalue weighted by Crippen LogP contribution is 2.06. The van der Waals surface area contributed by atoms with Gasteiger partial charge < -0.3 is 15.4 Å². The number of carbonyl (C=O) groups excluding carboxylic acids is 1. The minimum Gasteiger partial charge on any atom is -0.392 e. The molecule has 0 aromatic rings. The van der Waals surface area contributed by atoms with Gasteiger partial charge in [-0.15, -0.1) is 0 Å². The minimum absolute atomic E-state index is 0.0694. The second-order valence-corrected chi connectivity index (χ2v) is 4.80. The maximum Gasteiger partial charge on any atom is 0.248 e. The van der Waals surface area contributed by atoms with Crippen molar-refractivity contribution in [3.63, 3.8) is 0 Å². The van der Waals surface area contributed by atoms with Crippen LogP contribution in [0.4, 0.5) is 0 Å². The molecule has 0 saturated heterocycles. The summed E-state index contributed by atoms with van der Waals surface area (Å²) in [4.78, 5) is 13.5. The maximum atomic E-state index is 11.6. The van der Waals surface area contributed by atoms with E-state index in [0.717, 1.165) is 0 Å². The average molecular weight is 232 g/mol. The summed E-state index contributed by atoms with van der Waals surface area (Å²) in [7, 11) is 0. The fourth-order valence-corrected chi connectivity index (χ4v) is 1.09. The first-order valence-corrected chi connectivity index (χ1v) is 5.37. The summed E-state index contributed by atoms with van der Waals surface area (Å²) in [5, 5.41) is 0. The van der Waals surface area contributed by atoms with E-state index in [0.29, 0.717) is 18.1 Å². The molecule has 0 fully saturated rings. The van der Waals surface area contributed by atoms with E-state index in [1.54, 1.807) is 4.90 Å². The van der Waals surface area contributed by atoms with Gasteiger partial charge in [0.2, 0.25) is 5.91 Å². The SMILES string of the molecule is CCN(CC(N)=S)C(=O)COC(C)(C)C. The number of amides is 1. The maximum absolute atomic E-state index is 11.6. The van der Waals surface area contributed by atoms with Crippen LogP contribution >= 0.6 is 12.2 Å². The number of carbonyl (C=O) groups is 1. The van der Waals surface area contributed by atoms with E-state index < -0.39 is 0 Å². The predicted octanol–water partition coefficient (Wildman–Crippen LogP) is 0.936. The Morgan fingerprint density at radius 3 is 2.33 bits per heavy atom. The second kappa shape index (κ2) is 6.02. The van der Waals surface area contributed by atoms with Crippen molar-refractivity contribution in [3.8, 4) is 0 Å². The molecule has 0 aliphatic heterocycles. The smallest absolute Gasteiger partial charge is 0.248 e. The molecule has 5 heteroatoms. The minimum atomic E-state index is -0.307. The molecular formula is C10H20N2O2S. The van der Waals surface area contributed by atoms with Gasteiger partial charge in [0.25, 0.3) is 0 Å². The summed E-state index contributed by atoms with van der Waals surface area (Å²) in [5.74, 6) is -0.0831. The van der Waals surface area contributed by atoms with Crippen molar-refractivity contribution in [2.45, 2.75) is 33.3 Å². The van der Waals surface area contributed by atoms with Crippen molar-refractivity contribution in [1.82, 2.24) is 4.90 Å². The lowest BCUT2D eigenvalue weighted by Gasteiger charge is -2.24. The van der Waals surface area contributed by atoms with Gasteiger partial charge in [-0.25, -0.2) is 0 Å². The lowest BCUT2D eigenvalue weighted by Crippen LogP contribution is -2.40. The van der Waals surface area contributed by atoms with E-state index >= 15 is 0 Å². The largest absolute Gasteiger partial charge is 0.392 e. The van der Waals surface area contributed by atoms with Gasteiger partial charge >= 0.3 is 0 Å². The lowest BCUT2D eigenvalue weighted by molar-refractivity contribution is -0.140. The molecule has 0 unspecified atom stereocenters. The second-order valence-electron chi connectivity index (χ2n) is 4.28. The summed E-state index contributed by atoms with van der Waals surface area (Å²) in [6.45, 7) is 8.58. The van der Waals surface area contributed by atoms with Gasteiger partial charge in [-0.3, -0.25) is 4.79 Å². The van der Waals surface area contributed by atoms with Crippen LogP contribution in [0.5, 0.6) is 0 Å². The Morgan fingerprint density at radius 2 is 2.00 bits per heavy atom. The van der Waals surface area contributed by atoms with Crippen molar-refractivity contribution >= 4 is 23.1 Å². The number of rotatable bonds is 5. The van der Waals surface area contributed by atoms with E-state index in [4.69, 9.17) is 22.7 Å². The van der Waals surface area contributed by atoms with Crippen LogP contribution in [0.25, 0.3) is 0 Å². The molecule has 0 aliphatic rings. The van der Waals surface area contributed by atoms with Crippen molar-refractivity contribution in [1.29, 1.82) is 0 Å². The quantitative estimate of drug-likeness (QED) is 0.717. The summed E-state index contributed by atoms with van der Waals surface area (Å²) in [5.41, 5.74) is 5.08. The lowest BCUT2D eigenvalue weighted by atomic mass is 10.2. The van der Waals surface area contributed by atoms with E-state index in [2.05, 4.69) is 0 Å². The van der Waals surface area contributed by atoms with Crippen LogP contribution in [0.3, 0.4) is 0 Å². The fourth-order valence-electron chi connectivity index (χ4n) is 0.934. The Labute approximate surface area is 96.8 Å². The number of nitrogens with two attached hydrogens (primary N) is 1. The zero-order chi connectivity index (χ0) is 12.1. The fraction of sp³-hybridized carbons (Fsp3) is 0.800.